The number of ether oxygens (including phenoxy) is 1. The lowest BCUT2D eigenvalue weighted by molar-refractivity contribution is -0.148. The van der Waals surface area contributed by atoms with Crippen LogP contribution in [0.4, 0.5) is 0 Å². The summed E-state index contributed by atoms with van der Waals surface area (Å²) in [6.07, 6.45) is 2.71. The van der Waals surface area contributed by atoms with Crippen molar-refractivity contribution < 1.29 is 23.7 Å². The molecule has 0 atom stereocenters. The summed E-state index contributed by atoms with van der Waals surface area (Å²) in [5.74, 6) is -0.275. The molecule has 0 spiro atoms. The SMILES string of the molecule is COP(COC(=O)C1CCC(O)CC1)OC. The van der Waals surface area contributed by atoms with Gasteiger partial charge in [-0.1, -0.05) is 0 Å². The van der Waals surface area contributed by atoms with E-state index in [0.29, 0.717) is 25.7 Å². The van der Waals surface area contributed by atoms with E-state index >= 15 is 0 Å². The van der Waals surface area contributed by atoms with Gasteiger partial charge in [-0.05, 0) is 25.7 Å². The molecule has 0 aromatic heterocycles. The average Bonchev–Trinajstić information content (AvgIpc) is 2.31. The number of aliphatic hydroxyl groups is 1. The minimum absolute atomic E-state index is 0.0750. The van der Waals surface area contributed by atoms with Crippen LogP contribution in [0.2, 0.25) is 0 Å². The van der Waals surface area contributed by atoms with Gasteiger partial charge in [0.1, 0.15) is 0 Å². The second-order valence-electron chi connectivity index (χ2n) is 3.80. The summed E-state index contributed by atoms with van der Waals surface area (Å²) in [7, 11) is 1.94. The van der Waals surface area contributed by atoms with Crippen molar-refractivity contribution in [2.24, 2.45) is 5.92 Å². The molecule has 0 saturated heterocycles. The van der Waals surface area contributed by atoms with Crippen molar-refractivity contribution in [3.63, 3.8) is 0 Å². The van der Waals surface area contributed by atoms with Gasteiger partial charge in [-0.15, -0.1) is 0 Å². The third-order valence-electron chi connectivity index (χ3n) is 2.75. The molecule has 0 amide bonds. The first kappa shape index (κ1) is 13.8. The smallest absolute Gasteiger partial charge is 0.309 e. The lowest BCUT2D eigenvalue weighted by Gasteiger charge is -2.24. The van der Waals surface area contributed by atoms with Crippen LogP contribution < -0.4 is 0 Å². The van der Waals surface area contributed by atoms with Crippen LogP contribution in [0.15, 0.2) is 0 Å². The van der Waals surface area contributed by atoms with Crippen LogP contribution in [0.25, 0.3) is 0 Å². The molecule has 0 aromatic carbocycles. The number of aliphatic hydroxyl groups excluding tert-OH is 1. The molecule has 6 heteroatoms. The number of esters is 1. The minimum Gasteiger partial charge on any atom is -0.456 e. The summed E-state index contributed by atoms with van der Waals surface area (Å²) in [4.78, 5) is 11.6. The van der Waals surface area contributed by atoms with Gasteiger partial charge in [-0.25, -0.2) is 0 Å². The van der Waals surface area contributed by atoms with Gasteiger partial charge in [0.25, 0.3) is 0 Å². The van der Waals surface area contributed by atoms with Crippen molar-refractivity contribution in [2.45, 2.75) is 31.8 Å². The van der Waals surface area contributed by atoms with Crippen molar-refractivity contribution >= 4 is 14.3 Å². The fourth-order valence-corrected chi connectivity index (χ4v) is 2.32. The zero-order chi connectivity index (χ0) is 12.0. The fourth-order valence-electron chi connectivity index (χ4n) is 1.73. The highest BCUT2D eigenvalue weighted by Crippen LogP contribution is 2.36. The van der Waals surface area contributed by atoms with Crippen molar-refractivity contribution in [2.75, 3.05) is 20.6 Å². The van der Waals surface area contributed by atoms with E-state index in [2.05, 4.69) is 0 Å². The van der Waals surface area contributed by atoms with E-state index in [-0.39, 0.29) is 24.3 Å². The first-order chi connectivity index (χ1) is 7.67. The molecule has 0 bridgehead atoms. The largest absolute Gasteiger partial charge is 0.456 e. The number of rotatable bonds is 5. The van der Waals surface area contributed by atoms with Crippen molar-refractivity contribution in [1.82, 2.24) is 0 Å². The van der Waals surface area contributed by atoms with Crippen molar-refractivity contribution in [1.29, 1.82) is 0 Å². The lowest BCUT2D eigenvalue weighted by Crippen LogP contribution is -2.25. The molecule has 1 saturated carbocycles. The number of hydrogen-bond acceptors (Lipinski definition) is 5. The number of carbonyl (C=O) groups is 1. The maximum atomic E-state index is 11.6. The Bertz CT molecular complexity index is 211. The van der Waals surface area contributed by atoms with Gasteiger partial charge >= 0.3 is 5.97 Å². The van der Waals surface area contributed by atoms with Gasteiger partial charge in [0, 0.05) is 14.2 Å². The topological polar surface area (TPSA) is 65.0 Å². The summed E-state index contributed by atoms with van der Waals surface area (Å²) in [5.41, 5.74) is 0. The number of hydrogen-bond donors (Lipinski definition) is 1. The molecule has 0 radical (unpaired) electrons. The molecular formula is C10H19O5P. The Kier molecular flexibility index (Phi) is 6.21. The molecule has 1 rings (SSSR count). The molecule has 1 aliphatic carbocycles. The summed E-state index contributed by atoms with van der Waals surface area (Å²) < 4.78 is 15.1. The molecule has 0 unspecified atom stereocenters. The molecule has 1 fully saturated rings. The Balaban J connectivity index is 2.24. The Morgan fingerprint density at radius 2 is 1.81 bits per heavy atom. The van der Waals surface area contributed by atoms with E-state index in [0.717, 1.165) is 0 Å². The first-order valence-electron chi connectivity index (χ1n) is 5.37. The molecule has 0 heterocycles. The van der Waals surface area contributed by atoms with Gasteiger partial charge in [0.05, 0.1) is 12.0 Å². The zero-order valence-electron chi connectivity index (χ0n) is 9.72. The normalized spacial score (nSPS) is 25.8. The molecule has 94 valence electrons. The monoisotopic (exact) mass is 250 g/mol. The second-order valence-corrected chi connectivity index (χ2v) is 5.45. The molecule has 0 aromatic rings. The quantitative estimate of drug-likeness (QED) is 0.593. The van der Waals surface area contributed by atoms with Crippen molar-refractivity contribution in [3.05, 3.63) is 0 Å². The summed E-state index contributed by atoms with van der Waals surface area (Å²) in [5, 5.41) is 9.31. The fraction of sp³-hybridized carbons (Fsp3) is 0.900. The summed E-state index contributed by atoms with van der Waals surface area (Å²) in [6, 6.07) is 0. The van der Waals surface area contributed by atoms with Crippen LogP contribution in [0.5, 0.6) is 0 Å². The minimum atomic E-state index is -1.11. The highest BCUT2D eigenvalue weighted by atomic mass is 31.2. The summed E-state index contributed by atoms with van der Waals surface area (Å²) >= 11 is 0. The van der Waals surface area contributed by atoms with Crippen LogP contribution in [-0.4, -0.2) is 37.7 Å². The highest BCUT2D eigenvalue weighted by molar-refractivity contribution is 7.46. The third kappa shape index (κ3) is 4.34. The maximum absolute atomic E-state index is 11.6. The van der Waals surface area contributed by atoms with E-state index in [1.807, 2.05) is 0 Å². The molecule has 1 N–H and O–H groups in total. The van der Waals surface area contributed by atoms with Gasteiger partial charge in [0.2, 0.25) is 8.38 Å². The van der Waals surface area contributed by atoms with Crippen molar-refractivity contribution in [3.8, 4) is 0 Å². The van der Waals surface area contributed by atoms with E-state index < -0.39 is 8.38 Å². The third-order valence-corrected chi connectivity index (χ3v) is 3.90. The summed E-state index contributed by atoms with van der Waals surface area (Å²) in [6.45, 7) is 0. The molecular weight excluding hydrogens is 231 g/mol. The Morgan fingerprint density at radius 3 is 2.31 bits per heavy atom. The van der Waals surface area contributed by atoms with Crippen LogP contribution in [0.3, 0.4) is 0 Å². The van der Waals surface area contributed by atoms with E-state index in [9.17, 15) is 9.90 Å². The Morgan fingerprint density at radius 1 is 1.25 bits per heavy atom. The Labute approximate surface area is 97.0 Å². The van der Waals surface area contributed by atoms with Crippen LogP contribution in [0.1, 0.15) is 25.7 Å². The molecule has 5 nitrogen and oxygen atoms in total. The van der Waals surface area contributed by atoms with Gasteiger partial charge in [-0.2, -0.15) is 0 Å². The van der Waals surface area contributed by atoms with Gasteiger partial charge < -0.3 is 18.9 Å². The second kappa shape index (κ2) is 7.17. The van der Waals surface area contributed by atoms with Gasteiger partial charge in [0.15, 0.2) is 6.35 Å². The van der Waals surface area contributed by atoms with E-state index in [1.54, 1.807) is 0 Å². The van der Waals surface area contributed by atoms with E-state index in [4.69, 9.17) is 13.8 Å². The van der Waals surface area contributed by atoms with Crippen LogP contribution in [0, 0.1) is 5.92 Å². The number of carbonyl (C=O) groups excluding carboxylic acids is 1. The molecule has 16 heavy (non-hydrogen) atoms. The maximum Gasteiger partial charge on any atom is 0.309 e. The highest BCUT2D eigenvalue weighted by Gasteiger charge is 2.27. The van der Waals surface area contributed by atoms with E-state index in [1.165, 1.54) is 14.2 Å². The average molecular weight is 250 g/mol. The zero-order valence-corrected chi connectivity index (χ0v) is 10.6. The Hall–Kier alpha value is -0.220. The van der Waals surface area contributed by atoms with Crippen LogP contribution >= 0.6 is 8.38 Å². The molecule has 1 aliphatic rings. The predicted molar refractivity (Wildman–Crippen MR) is 59.9 cm³/mol. The van der Waals surface area contributed by atoms with Gasteiger partial charge in [-0.3, -0.25) is 4.79 Å². The first-order valence-corrected chi connectivity index (χ1v) is 6.74. The molecule has 0 aliphatic heterocycles. The van der Waals surface area contributed by atoms with Crippen LogP contribution in [-0.2, 0) is 18.6 Å². The standard InChI is InChI=1S/C10H19O5P/c1-13-16(14-2)7-15-10(12)8-3-5-9(11)6-4-8/h8-9,11H,3-7H2,1-2H3. The predicted octanol–water partition coefficient (Wildman–Crippen LogP) is 1.64. The lowest BCUT2D eigenvalue weighted by atomic mass is 9.88.